The van der Waals surface area contributed by atoms with Crippen LogP contribution in [0.5, 0.6) is 11.5 Å². The Morgan fingerprint density at radius 2 is 1.21 bits per heavy atom. The van der Waals surface area contributed by atoms with E-state index in [9.17, 15) is 10.2 Å². The maximum Gasteiger partial charge on any atom is 0.115 e. The second-order valence-corrected chi connectivity index (χ2v) is 4.71. The van der Waals surface area contributed by atoms with E-state index in [1.165, 1.54) is 0 Å². The molecule has 0 aliphatic carbocycles. The maximum atomic E-state index is 9.45. The molecular weight excluding hydrogens is 240 g/mol. The zero-order valence-electron chi connectivity index (χ0n) is 11.2. The summed E-state index contributed by atoms with van der Waals surface area (Å²) in [5.41, 5.74) is 4.12. The van der Waals surface area contributed by atoms with Crippen LogP contribution in [0, 0.1) is 13.8 Å². The van der Waals surface area contributed by atoms with Crippen molar-refractivity contribution < 1.29 is 14.9 Å². The van der Waals surface area contributed by atoms with Gasteiger partial charge >= 0.3 is 0 Å². The lowest BCUT2D eigenvalue weighted by Crippen LogP contribution is -1.98. The minimum atomic E-state index is 0.248. The van der Waals surface area contributed by atoms with Crippen LogP contribution in [0.4, 0.5) is 0 Å². The first-order valence-corrected chi connectivity index (χ1v) is 6.21. The van der Waals surface area contributed by atoms with Crippen molar-refractivity contribution in [3.63, 3.8) is 0 Å². The molecule has 3 nitrogen and oxygen atoms in total. The highest BCUT2D eigenvalue weighted by Gasteiger charge is 2.03. The smallest absolute Gasteiger partial charge is 0.115 e. The molecule has 0 fully saturated rings. The second-order valence-electron chi connectivity index (χ2n) is 4.71. The molecule has 100 valence electrons. The zero-order valence-corrected chi connectivity index (χ0v) is 11.2. The van der Waals surface area contributed by atoms with Gasteiger partial charge in [0.05, 0.1) is 13.2 Å². The Hall–Kier alpha value is -2.00. The molecular formula is C16H18O3. The van der Waals surface area contributed by atoms with Gasteiger partial charge in [-0.1, -0.05) is 12.1 Å². The lowest BCUT2D eigenvalue weighted by Gasteiger charge is -2.10. The van der Waals surface area contributed by atoms with Crippen LogP contribution in [0.15, 0.2) is 36.4 Å². The number of phenolic OH excluding ortho intramolecular Hbond substituents is 2. The van der Waals surface area contributed by atoms with Crippen molar-refractivity contribution in [1.29, 1.82) is 0 Å². The van der Waals surface area contributed by atoms with Crippen LogP contribution >= 0.6 is 0 Å². The predicted octanol–water partition coefficient (Wildman–Crippen LogP) is 3.43. The fraction of sp³-hybridized carbons (Fsp3) is 0.250. The fourth-order valence-electron chi connectivity index (χ4n) is 1.90. The summed E-state index contributed by atoms with van der Waals surface area (Å²) in [6.07, 6.45) is 0. The van der Waals surface area contributed by atoms with E-state index in [0.717, 1.165) is 22.3 Å². The molecule has 19 heavy (non-hydrogen) atoms. The van der Waals surface area contributed by atoms with Crippen molar-refractivity contribution in [2.45, 2.75) is 27.1 Å². The van der Waals surface area contributed by atoms with Gasteiger partial charge in [0, 0.05) is 0 Å². The Bertz CT molecular complexity index is 525. The van der Waals surface area contributed by atoms with Crippen LogP contribution in [-0.4, -0.2) is 10.2 Å². The van der Waals surface area contributed by atoms with Gasteiger partial charge in [-0.2, -0.15) is 0 Å². The molecule has 2 aromatic carbocycles. The Labute approximate surface area is 113 Å². The van der Waals surface area contributed by atoms with Gasteiger partial charge in [0.15, 0.2) is 0 Å². The van der Waals surface area contributed by atoms with Gasteiger partial charge in [-0.05, 0) is 60.4 Å². The van der Waals surface area contributed by atoms with Gasteiger partial charge < -0.3 is 14.9 Å². The van der Waals surface area contributed by atoms with E-state index >= 15 is 0 Å². The number of aryl methyl sites for hydroxylation is 2. The van der Waals surface area contributed by atoms with Gasteiger partial charge in [0.2, 0.25) is 0 Å². The van der Waals surface area contributed by atoms with Crippen LogP contribution in [0.3, 0.4) is 0 Å². The molecule has 2 N–H and O–H groups in total. The highest BCUT2D eigenvalue weighted by atomic mass is 16.5. The molecule has 0 atom stereocenters. The molecule has 0 saturated carbocycles. The quantitative estimate of drug-likeness (QED) is 0.883. The van der Waals surface area contributed by atoms with Gasteiger partial charge in [-0.15, -0.1) is 0 Å². The molecule has 2 aromatic rings. The summed E-state index contributed by atoms with van der Waals surface area (Å²) in [5, 5.41) is 18.9. The summed E-state index contributed by atoms with van der Waals surface area (Å²) in [5.74, 6) is 0.496. The molecule has 0 saturated heterocycles. The Morgan fingerprint density at radius 3 is 1.63 bits per heavy atom. The van der Waals surface area contributed by atoms with E-state index < -0.39 is 0 Å². The van der Waals surface area contributed by atoms with Crippen LogP contribution in [-0.2, 0) is 18.0 Å². The molecule has 3 heteroatoms. The summed E-state index contributed by atoms with van der Waals surface area (Å²) < 4.78 is 5.66. The molecule has 2 rings (SSSR count). The molecule has 0 aliphatic rings. The predicted molar refractivity (Wildman–Crippen MR) is 74.2 cm³/mol. The topological polar surface area (TPSA) is 49.7 Å². The zero-order chi connectivity index (χ0) is 13.8. The lowest BCUT2D eigenvalue weighted by molar-refractivity contribution is 0.106. The van der Waals surface area contributed by atoms with Gasteiger partial charge in [0.25, 0.3) is 0 Å². The third-order valence-electron chi connectivity index (χ3n) is 3.18. The molecule has 0 spiro atoms. The fourth-order valence-corrected chi connectivity index (χ4v) is 1.90. The minimum Gasteiger partial charge on any atom is -0.508 e. The van der Waals surface area contributed by atoms with E-state index in [-0.39, 0.29) is 11.5 Å². The van der Waals surface area contributed by atoms with Crippen molar-refractivity contribution in [2.24, 2.45) is 0 Å². The third-order valence-corrected chi connectivity index (χ3v) is 3.18. The number of hydrogen-bond acceptors (Lipinski definition) is 3. The van der Waals surface area contributed by atoms with Crippen molar-refractivity contribution in [1.82, 2.24) is 0 Å². The Balaban J connectivity index is 2.00. The summed E-state index contributed by atoms with van der Waals surface area (Å²) in [4.78, 5) is 0. The molecule has 0 bridgehead atoms. The summed E-state index contributed by atoms with van der Waals surface area (Å²) in [6.45, 7) is 4.85. The average Bonchev–Trinajstić information content (AvgIpc) is 2.38. The summed E-state index contributed by atoms with van der Waals surface area (Å²) in [7, 11) is 0. The molecule has 0 amide bonds. The van der Waals surface area contributed by atoms with E-state index in [4.69, 9.17) is 4.74 Å². The van der Waals surface area contributed by atoms with Crippen LogP contribution in [0.25, 0.3) is 0 Å². The third kappa shape index (κ3) is 3.48. The van der Waals surface area contributed by atoms with Crippen molar-refractivity contribution in [3.8, 4) is 11.5 Å². The number of ether oxygens (including phenoxy) is 1. The SMILES string of the molecule is Cc1ccc(O)cc1COCc1cc(O)ccc1C. The molecule has 0 aliphatic heterocycles. The number of benzene rings is 2. The number of hydrogen-bond donors (Lipinski definition) is 2. The minimum absolute atomic E-state index is 0.248. The Morgan fingerprint density at radius 1 is 0.789 bits per heavy atom. The average molecular weight is 258 g/mol. The first kappa shape index (κ1) is 13.4. The number of rotatable bonds is 4. The van der Waals surface area contributed by atoms with Crippen molar-refractivity contribution in [2.75, 3.05) is 0 Å². The van der Waals surface area contributed by atoms with Crippen molar-refractivity contribution >= 4 is 0 Å². The normalized spacial score (nSPS) is 10.6. The summed E-state index contributed by atoms with van der Waals surface area (Å²) >= 11 is 0. The van der Waals surface area contributed by atoms with E-state index in [1.54, 1.807) is 24.3 Å². The van der Waals surface area contributed by atoms with Crippen LogP contribution in [0.1, 0.15) is 22.3 Å². The molecule has 0 unspecified atom stereocenters. The highest BCUT2D eigenvalue weighted by Crippen LogP contribution is 2.19. The number of phenols is 2. The maximum absolute atomic E-state index is 9.45. The molecule has 0 aromatic heterocycles. The first-order chi connectivity index (χ1) is 9.06. The summed E-state index contributed by atoms with van der Waals surface area (Å²) in [6, 6.07) is 10.5. The molecule has 0 heterocycles. The lowest BCUT2D eigenvalue weighted by atomic mass is 10.1. The van der Waals surface area contributed by atoms with E-state index in [2.05, 4.69) is 0 Å². The van der Waals surface area contributed by atoms with E-state index in [1.807, 2.05) is 26.0 Å². The van der Waals surface area contributed by atoms with Gasteiger partial charge in [-0.3, -0.25) is 0 Å². The van der Waals surface area contributed by atoms with Crippen molar-refractivity contribution in [3.05, 3.63) is 58.7 Å². The second kappa shape index (κ2) is 5.76. The van der Waals surface area contributed by atoms with Gasteiger partial charge in [0.1, 0.15) is 11.5 Å². The monoisotopic (exact) mass is 258 g/mol. The highest BCUT2D eigenvalue weighted by molar-refractivity contribution is 5.34. The van der Waals surface area contributed by atoms with Crippen LogP contribution in [0.2, 0.25) is 0 Å². The van der Waals surface area contributed by atoms with E-state index in [0.29, 0.717) is 13.2 Å². The van der Waals surface area contributed by atoms with Gasteiger partial charge in [-0.25, -0.2) is 0 Å². The first-order valence-electron chi connectivity index (χ1n) is 6.21. The largest absolute Gasteiger partial charge is 0.508 e. The Kier molecular flexibility index (Phi) is 4.07. The molecule has 0 radical (unpaired) electrons. The van der Waals surface area contributed by atoms with Crippen LogP contribution < -0.4 is 0 Å². The standard InChI is InChI=1S/C16H18O3/c1-11-3-5-15(17)7-13(11)9-19-10-14-8-16(18)6-4-12(14)2/h3-8,17-18H,9-10H2,1-2H3. The number of aromatic hydroxyl groups is 2.